The summed E-state index contributed by atoms with van der Waals surface area (Å²) in [5, 5.41) is 0.305. The van der Waals surface area contributed by atoms with Crippen LogP contribution in [0.15, 0.2) is 43.0 Å². The van der Waals surface area contributed by atoms with Crippen LogP contribution in [0.4, 0.5) is 10.1 Å². The predicted octanol–water partition coefficient (Wildman–Crippen LogP) is 4.71. The van der Waals surface area contributed by atoms with Crippen molar-refractivity contribution in [3.05, 3.63) is 70.2 Å². The van der Waals surface area contributed by atoms with Crippen molar-refractivity contribution in [3.8, 4) is 0 Å². The van der Waals surface area contributed by atoms with Crippen LogP contribution in [0.5, 0.6) is 0 Å². The second kappa shape index (κ2) is 7.47. The number of benzene rings is 1. The molecule has 2 aliphatic heterocycles. The molecular formula is C21H20Cl2FN3O. The lowest BCUT2D eigenvalue weighted by atomic mass is 9.74. The van der Waals surface area contributed by atoms with E-state index >= 15 is 0 Å². The fourth-order valence-electron chi connectivity index (χ4n) is 4.31. The van der Waals surface area contributed by atoms with Crippen LogP contribution in [0.1, 0.15) is 28.8 Å². The first-order valence-corrected chi connectivity index (χ1v) is 9.96. The van der Waals surface area contributed by atoms with Gasteiger partial charge < -0.3 is 4.90 Å². The van der Waals surface area contributed by atoms with Gasteiger partial charge in [-0.15, -0.1) is 6.58 Å². The summed E-state index contributed by atoms with van der Waals surface area (Å²) in [6, 6.07) is 7.79. The molecule has 146 valence electrons. The van der Waals surface area contributed by atoms with Crippen LogP contribution in [-0.4, -0.2) is 42.0 Å². The third-order valence-electron chi connectivity index (χ3n) is 5.77. The molecular weight excluding hydrogens is 400 g/mol. The number of fused-ring (bicyclic) bond motifs is 2. The van der Waals surface area contributed by atoms with E-state index in [1.807, 2.05) is 6.08 Å². The number of likely N-dealkylation sites (tertiary alicyclic amines) is 1. The molecule has 0 saturated carbocycles. The lowest BCUT2D eigenvalue weighted by Gasteiger charge is -2.39. The van der Waals surface area contributed by atoms with E-state index in [1.54, 1.807) is 29.2 Å². The minimum atomic E-state index is -0.285. The number of aromatic nitrogens is 1. The van der Waals surface area contributed by atoms with Crippen molar-refractivity contribution in [2.75, 3.05) is 31.1 Å². The first-order chi connectivity index (χ1) is 13.4. The number of pyridine rings is 1. The van der Waals surface area contributed by atoms with Gasteiger partial charge in [-0.3, -0.25) is 9.69 Å². The number of piperidine rings is 1. The van der Waals surface area contributed by atoms with Gasteiger partial charge in [0.25, 0.3) is 5.91 Å². The Bertz CT molecular complexity index is 941. The average Bonchev–Trinajstić information content (AvgIpc) is 2.97. The highest BCUT2D eigenvalue weighted by molar-refractivity contribution is 6.35. The molecule has 0 unspecified atom stereocenters. The molecule has 0 atom stereocenters. The van der Waals surface area contributed by atoms with Crippen molar-refractivity contribution in [1.82, 2.24) is 9.88 Å². The van der Waals surface area contributed by atoms with E-state index in [0.29, 0.717) is 12.1 Å². The standard InChI is InChI=1S/C21H20Cl2FN3O/c1-2-9-26-10-7-21(8-11-26)13-27(17-5-3-14(24)12-16(17)21)20(28)15-4-6-18(22)25-19(15)23/h2-6,12H,1,7-11,13H2. The number of hydrogen-bond donors (Lipinski definition) is 0. The van der Waals surface area contributed by atoms with Crippen LogP contribution in [0.25, 0.3) is 0 Å². The summed E-state index contributed by atoms with van der Waals surface area (Å²) in [7, 11) is 0. The zero-order valence-electron chi connectivity index (χ0n) is 15.3. The number of nitrogens with zero attached hydrogens (tertiary/aromatic N) is 3. The van der Waals surface area contributed by atoms with Gasteiger partial charge in [0.1, 0.15) is 16.1 Å². The Hall–Kier alpha value is -1.95. The Morgan fingerprint density at radius 2 is 2.00 bits per heavy atom. The van der Waals surface area contributed by atoms with E-state index in [-0.39, 0.29) is 27.4 Å². The molecule has 0 N–H and O–H groups in total. The van der Waals surface area contributed by atoms with Crippen molar-refractivity contribution < 1.29 is 9.18 Å². The largest absolute Gasteiger partial charge is 0.307 e. The summed E-state index contributed by atoms with van der Waals surface area (Å²) < 4.78 is 14.1. The number of carbonyl (C=O) groups excluding carboxylic acids is 1. The molecule has 1 aromatic carbocycles. The number of rotatable bonds is 3. The lowest BCUT2D eigenvalue weighted by Crippen LogP contribution is -2.46. The third kappa shape index (κ3) is 3.32. The fraction of sp³-hybridized carbons (Fsp3) is 0.333. The number of halogens is 3. The Labute approximate surface area is 173 Å². The van der Waals surface area contributed by atoms with E-state index < -0.39 is 0 Å². The molecule has 2 aromatic rings. The number of carbonyl (C=O) groups is 1. The molecule has 4 rings (SSSR count). The molecule has 0 aliphatic carbocycles. The van der Waals surface area contributed by atoms with Gasteiger partial charge in [0.05, 0.1) is 5.56 Å². The van der Waals surface area contributed by atoms with E-state index in [1.165, 1.54) is 6.07 Å². The Morgan fingerprint density at radius 1 is 1.25 bits per heavy atom. The number of anilines is 1. The molecule has 28 heavy (non-hydrogen) atoms. The third-order valence-corrected chi connectivity index (χ3v) is 6.27. The fourth-order valence-corrected chi connectivity index (χ4v) is 4.74. The van der Waals surface area contributed by atoms with Crippen LogP contribution in [-0.2, 0) is 5.41 Å². The molecule has 1 fully saturated rings. The van der Waals surface area contributed by atoms with Gasteiger partial charge in [-0.1, -0.05) is 29.3 Å². The normalized spacial score (nSPS) is 18.3. The van der Waals surface area contributed by atoms with E-state index in [0.717, 1.165) is 43.7 Å². The van der Waals surface area contributed by atoms with Crippen LogP contribution in [0.2, 0.25) is 10.3 Å². The maximum absolute atomic E-state index is 14.1. The first-order valence-electron chi connectivity index (χ1n) is 9.21. The Balaban J connectivity index is 1.70. The highest BCUT2D eigenvalue weighted by Gasteiger charge is 2.46. The molecule has 1 spiro atoms. The minimum absolute atomic E-state index is 0.0721. The van der Waals surface area contributed by atoms with Crippen LogP contribution in [0, 0.1) is 5.82 Å². The molecule has 4 nitrogen and oxygen atoms in total. The predicted molar refractivity (Wildman–Crippen MR) is 110 cm³/mol. The average molecular weight is 420 g/mol. The second-order valence-electron chi connectivity index (χ2n) is 7.39. The number of amides is 1. The Kier molecular flexibility index (Phi) is 5.17. The Morgan fingerprint density at radius 3 is 2.68 bits per heavy atom. The number of hydrogen-bond acceptors (Lipinski definition) is 3. The molecule has 7 heteroatoms. The zero-order valence-corrected chi connectivity index (χ0v) is 16.8. The van der Waals surface area contributed by atoms with Crippen molar-refractivity contribution in [3.63, 3.8) is 0 Å². The molecule has 0 radical (unpaired) electrons. The summed E-state index contributed by atoms with van der Waals surface area (Å²) in [4.78, 5) is 21.3. The quantitative estimate of drug-likeness (QED) is 0.533. The molecule has 3 heterocycles. The zero-order chi connectivity index (χ0) is 19.9. The van der Waals surface area contributed by atoms with E-state index in [2.05, 4.69) is 16.5 Å². The van der Waals surface area contributed by atoms with Crippen LogP contribution < -0.4 is 4.90 Å². The van der Waals surface area contributed by atoms with Gasteiger partial charge in [-0.2, -0.15) is 0 Å². The summed E-state index contributed by atoms with van der Waals surface area (Å²) in [6.45, 7) is 6.91. The molecule has 2 aliphatic rings. The summed E-state index contributed by atoms with van der Waals surface area (Å²) in [5.41, 5.74) is 1.69. The minimum Gasteiger partial charge on any atom is -0.307 e. The summed E-state index contributed by atoms with van der Waals surface area (Å²) in [6.07, 6.45) is 3.60. The van der Waals surface area contributed by atoms with Gasteiger partial charge in [-0.05, 0) is 61.8 Å². The second-order valence-corrected chi connectivity index (χ2v) is 8.14. The van der Waals surface area contributed by atoms with Gasteiger partial charge in [0.15, 0.2) is 0 Å². The topological polar surface area (TPSA) is 36.4 Å². The van der Waals surface area contributed by atoms with Crippen molar-refractivity contribution >= 4 is 34.8 Å². The maximum atomic E-state index is 14.1. The molecule has 0 bridgehead atoms. The maximum Gasteiger partial charge on any atom is 0.261 e. The van der Waals surface area contributed by atoms with Crippen LogP contribution in [0.3, 0.4) is 0 Å². The highest BCUT2D eigenvalue weighted by atomic mass is 35.5. The van der Waals surface area contributed by atoms with Gasteiger partial charge >= 0.3 is 0 Å². The van der Waals surface area contributed by atoms with E-state index in [4.69, 9.17) is 23.2 Å². The molecule has 1 amide bonds. The highest BCUT2D eigenvalue weighted by Crippen LogP contribution is 2.47. The van der Waals surface area contributed by atoms with Crippen molar-refractivity contribution in [1.29, 1.82) is 0 Å². The monoisotopic (exact) mass is 419 g/mol. The SMILES string of the molecule is C=CCN1CCC2(CC1)CN(C(=O)c1ccc(Cl)nc1Cl)c1ccc(F)cc12. The van der Waals surface area contributed by atoms with Crippen LogP contribution >= 0.6 is 23.2 Å². The van der Waals surface area contributed by atoms with Gasteiger partial charge in [-0.25, -0.2) is 9.37 Å². The first kappa shape index (κ1) is 19.4. The van der Waals surface area contributed by atoms with E-state index in [9.17, 15) is 9.18 Å². The smallest absolute Gasteiger partial charge is 0.261 e. The van der Waals surface area contributed by atoms with Gasteiger partial charge in [0.2, 0.25) is 0 Å². The molecule has 1 aromatic heterocycles. The lowest BCUT2D eigenvalue weighted by molar-refractivity contribution is 0.0977. The molecule has 1 saturated heterocycles. The summed E-state index contributed by atoms with van der Waals surface area (Å²) >= 11 is 12.0. The van der Waals surface area contributed by atoms with Gasteiger partial charge in [0, 0.05) is 24.2 Å². The summed E-state index contributed by atoms with van der Waals surface area (Å²) in [5.74, 6) is -0.528. The van der Waals surface area contributed by atoms with Crippen molar-refractivity contribution in [2.24, 2.45) is 0 Å². The van der Waals surface area contributed by atoms with Crippen molar-refractivity contribution in [2.45, 2.75) is 18.3 Å².